The predicted molar refractivity (Wildman–Crippen MR) is 95.6 cm³/mol. The van der Waals surface area contributed by atoms with Crippen LogP contribution in [0.2, 0.25) is 0 Å². The lowest BCUT2D eigenvalue weighted by Gasteiger charge is -2.26. The number of benzene rings is 1. The van der Waals surface area contributed by atoms with E-state index in [1.807, 2.05) is 11.8 Å². The lowest BCUT2D eigenvalue weighted by atomic mass is 10.1. The molecule has 0 spiro atoms. The lowest BCUT2D eigenvalue weighted by molar-refractivity contribution is 0.628. The molecule has 3 heterocycles. The summed E-state index contributed by atoms with van der Waals surface area (Å²) in [6.45, 7) is 1.81. The Labute approximate surface area is 142 Å². The Morgan fingerprint density at radius 1 is 1.12 bits per heavy atom. The monoisotopic (exact) mass is 344 g/mol. The zero-order chi connectivity index (χ0) is 16.7. The molecule has 3 aromatic rings. The highest BCUT2D eigenvalue weighted by Crippen LogP contribution is 2.32. The third kappa shape index (κ3) is 2.56. The molecule has 0 saturated carbocycles. The molecule has 4 rings (SSSR count). The van der Waals surface area contributed by atoms with Gasteiger partial charge in [0.1, 0.15) is 11.6 Å². The molecular weight excluding hydrogens is 327 g/mol. The first kappa shape index (κ1) is 15.2. The van der Waals surface area contributed by atoms with Crippen molar-refractivity contribution in [2.24, 2.45) is 7.05 Å². The Morgan fingerprint density at radius 2 is 1.83 bits per heavy atom. The van der Waals surface area contributed by atoms with E-state index in [0.717, 1.165) is 30.2 Å². The molecule has 0 amide bonds. The molecule has 1 aromatic carbocycles. The van der Waals surface area contributed by atoms with Crippen molar-refractivity contribution in [2.45, 2.75) is 0 Å². The average molecular weight is 344 g/mol. The predicted octanol–water partition coefficient (Wildman–Crippen LogP) is 2.30. The lowest BCUT2D eigenvalue weighted by Crippen LogP contribution is -2.33. The number of aryl methyl sites for hydroxylation is 1. The number of rotatable bonds is 2. The third-order valence-electron chi connectivity index (χ3n) is 4.14. The second-order valence-electron chi connectivity index (χ2n) is 5.69. The molecule has 2 aromatic heterocycles. The Bertz CT molecular complexity index is 886. The highest BCUT2D eigenvalue weighted by Gasteiger charge is 2.21. The number of nitrogens with zero attached hydrogens (tertiary/aromatic N) is 5. The van der Waals surface area contributed by atoms with E-state index in [-0.39, 0.29) is 5.82 Å². The quantitative estimate of drug-likeness (QED) is 0.769. The fourth-order valence-corrected chi connectivity index (χ4v) is 3.73. The number of halogens is 1. The van der Waals surface area contributed by atoms with Crippen LogP contribution in [-0.4, -0.2) is 44.3 Å². The molecule has 0 bridgehead atoms. The van der Waals surface area contributed by atoms with Gasteiger partial charge in [0.2, 0.25) is 5.95 Å². The minimum atomic E-state index is -0.281. The molecule has 124 valence electrons. The van der Waals surface area contributed by atoms with Crippen molar-refractivity contribution in [1.82, 2.24) is 19.7 Å². The number of fused-ring (bicyclic) bond motifs is 1. The van der Waals surface area contributed by atoms with Gasteiger partial charge in [0.25, 0.3) is 0 Å². The van der Waals surface area contributed by atoms with Gasteiger partial charge in [-0.25, -0.2) is 9.37 Å². The molecule has 1 fully saturated rings. The summed E-state index contributed by atoms with van der Waals surface area (Å²) in [6.07, 6.45) is 0. The summed E-state index contributed by atoms with van der Waals surface area (Å²) in [6, 6.07) is 6.26. The second-order valence-corrected chi connectivity index (χ2v) is 6.91. The number of hydrogen-bond donors (Lipinski definition) is 1. The van der Waals surface area contributed by atoms with Crippen LogP contribution in [0.3, 0.4) is 0 Å². The van der Waals surface area contributed by atoms with Crippen molar-refractivity contribution in [1.29, 1.82) is 0 Å². The maximum Gasteiger partial charge on any atom is 0.228 e. The van der Waals surface area contributed by atoms with Crippen LogP contribution in [0.1, 0.15) is 0 Å². The molecule has 1 aliphatic heterocycles. The molecule has 24 heavy (non-hydrogen) atoms. The fourth-order valence-electron chi connectivity index (χ4n) is 2.82. The number of nitrogen functional groups attached to an aromatic ring is 1. The normalized spacial score (nSPS) is 15.2. The molecule has 0 radical (unpaired) electrons. The summed E-state index contributed by atoms with van der Waals surface area (Å²) >= 11 is 1.93. The maximum absolute atomic E-state index is 13.3. The Kier molecular flexibility index (Phi) is 3.76. The molecule has 0 atom stereocenters. The number of hydrogen-bond acceptors (Lipinski definition) is 6. The zero-order valence-electron chi connectivity index (χ0n) is 13.2. The van der Waals surface area contributed by atoms with Crippen LogP contribution in [0.15, 0.2) is 24.3 Å². The highest BCUT2D eigenvalue weighted by molar-refractivity contribution is 7.99. The van der Waals surface area contributed by atoms with Crippen LogP contribution in [-0.2, 0) is 7.05 Å². The van der Waals surface area contributed by atoms with Gasteiger partial charge in [-0.2, -0.15) is 21.8 Å². The van der Waals surface area contributed by atoms with Gasteiger partial charge >= 0.3 is 0 Å². The van der Waals surface area contributed by atoms with Crippen LogP contribution in [0, 0.1) is 5.82 Å². The summed E-state index contributed by atoms with van der Waals surface area (Å²) < 4.78 is 14.9. The SMILES string of the molecule is Cn1nc2nc(N3CCSCC3)nc(-c3ccc(F)cc3)c2c1N. The topological polar surface area (TPSA) is 72.9 Å². The van der Waals surface area contributed by atoms with Crippen molar-refractivity contribution in [3.05, 3.63) is 30.1 Å². The first-order chi connectivity index (χ1) is 11.6. The highest BCUT2D eigenvalue weighted by atomic mass is 32.2. The average Bonchev–Trinajstić information content (AvgIpc) is 2.90. The molecule has 0 unspecified atom stereocenters. The van der Waals surface area contributed by atoms with E-state index in [2.05, 4.69) is 15.0 Å². The summed E-state index contributed by atoms with van der Waals surface area (Å²) in [7, 11) is 1.78. The Hall–Kier alpha value is -2.35. The van der Waals surface area contributed by atoms with Gasteiger partial charge in [-0.15, -0.1) is 0 Å². The molecule has 0 aliphatic carbocycles. The smallest absolute Gasteiger partial charge is 0.228 e. The van der Waals surface area contributed by atoms with Crippen LogP contribution < -0.4 is 10.6 Å². The minimum Gasteiger partial charge on any atom is -0.383 e. The summed E-state index contributed by atoms with van der Waals surface area (Å²) in [4.78, 5) is 11.5. The third-order valence-corrected chi connectivity index (χ3v) is 5.08. The van der Waals surface area contributed by atoms with Crippen molar-refractivity contribution < 1.29 is 4.39 Å². The summed E-state index contributed by atoms with van der Waals surface area (Å²) in [5.74, 6) is 2.98. The van der Waals surface area contributed by atoms with Gasteiger partial charge in [0, 0.05) is 37.2 Å². The molecular formula is C16H17FN6S. The first-order valence-electron chi connectivity index (χ1n) is 7.72. The number of nitrogens with two attached hydrogens (primary N) is 1. The van der Waals surface area contributed by atoms with Crippen molar-refractivity contribution in [3.63, 3.8) is 0 Å². The Balaban J connectivity index is 1.92. The van der Waals surface area contributed by atoms with Crippen LogP contribution in [0.5, 0.6) is 0 Å². The standard InChI is InChI=1S/C16H17FN6S/c1-22-14(18)12-13(10-2-4-11(17)5-3-10)19-16(20-15(12)21-22)23-6-8-24-9-7-23/h2-5H,6-9,18H2,1H3. The van der Waals surface area contributed by atoms with E-state index in [9.17, 15) is 4.39 Å². The van der Waals surface area contributed by atoms with Crippen LogP contribution in [0.4, 0.5) is 16.2 Å². The molecule has 1 aliphatic rings. The van der Waals surface area contributed by atoms with E-state index in [4.69, 9.17) is 10.7 Å². The number of aromatic nitrogens is 4. The summed E-state index contributed by atoms with van der Waals surface area (Å²) in [5.41, 5.74) is 8.23. The minimum absolute atomic E-state index is 0.281. The van der Waals surface area contributed by atoms with E-state index in [1.165, 1.54) is 12.1 Å². The molecule has 6 nitrogen and oxygen atoms in total. The summed E-state index contributed by atoms with van der Waals surface area (Å²) in [5, 5.41) is 5.11. The second kappa shape index (κ2) is 5.94. The van der Waals surface area contributed by atoms with Crippen molar-refractivity contribution >= 4 is 34.6 Å². The fraction of sp³-hybridized carbons (Fsp3) is 0.312. The van der Waals surface area contributed by atoms with Crippen molar-refractivity contribution in [3.8, 4) is 11.3 Å². The largest absolute Gasteiger partial charge is 0.383 e. The van der Waals surface area contributed by atoms with Crippen LogP contribution >= 0.6 is 11.8 Å². The van der Waals surface area contributed by atoms with Gasteiger partial charge in [-0.05, 0) is 24.3 Å². The van der Waals surface area contributed by atoms with Crippen LogP contribution in [0.25, 0.3) is 22.3 Å². The van der Waals surface area contributed by atoms with Gasteiger partial charge in [-0.1, -0.05) is 0 Å². The van der Waals surface area contributed by atoms with E-state index >= 15 is 0 Å². The van der Waals surface area contributed by atoms with E-state index < -0.39 is 0 Å². The van der Waals surface area contributed by atoms with Gasteiger partial charge in [0.05, 0.1) is 11.1 Å². The van der Waals surface area contributed by atoms with E-state index in [0.29, 0.717) is 28.5 Å². The first-order valence-corrected chi connectivity index (χ1v) is 8.88. The molecule has 1 saturated heterocycles. The van der Waals surface area contributed by atoms with Gasteiger partial charge < -0.3 is 10.6 Å². The van der Waals surface area contributed by atoms with Gasteiger partial charge in [-0.3, -0.25) is 4.68 Å². The van der Waals surface area contributed by atoms with E-state index in [1.54, 1.807) is 23.9 Å². The Morgan fingerprint density at radius 3 is 2.54 bits per heavy atom. The van der Waals surface area contributed by atoms with Gasteiger partial charge in [0.15, 0.2) is 5.65 Å². The molecule has 8 heteroatoms. The van der Waals surface area contributed by atoms with Crippen molar-refractivity contribution in [2.75, 3.05) is 35.2 Å². The maximum atomic E-state index is 13.3. The molecule has 2 N–H and O–H groups in total. The zero-order valence-corrected chi connectivity index (χ0v) is 14.1. The number of anilines is 2. The number of thioether (sulfide) groups is 1.